The third-order valence-electron chi connectivity index (χ3n) is 3.37. The summed E-state index contributed by atoms with van der Waals surface area (Å²) in [6.45, 7) is 0.485. The smallest absolute Gasteiger partial charge is 0.267 e. The molecular weight excluding hydrogens is 321 g/mol. The summed E-state index contributed by atoms with van der Waals surface area (Å²) in [6, 6.07) is 11.0. The van der Waals surface area contributed by atoms with Gasteiger partial charge in [-0.05, 0) is 24.6 Å². The Kier molecular flexibility index (Phi) is 4.41. The van der Waals surface area contributed by atoms with Crippen LogP contribution in [-0.2, 0) is 6.54 Å². The van der Waals surface area contributed by atoms with E-state index in [1.54, 1.807) is 12.3 Å². The number of hydrogen-bond donors (Lipinski definition) is 0. The van der Waals surface area contributed by atoms with E-state index in [0.29, 0.717) is 35.1 Å². The maximum atomic E-state index is 12.5. The minimum absolute atomic E-state index is 0.107. The number of fused-ring (bicyclic) bond motifs is 1. The highest BCUT2D eigenvalue weighted by Crippen LogP contribution is 2.25. The highest BCUT2D eigenvalue weighted by atomic mass is 35.5. The fourth-order valence-corrected chi connectivity index (χ4v) is 2.65. The molecule has 6 heteroatoms. The largest absolute Gasteiger partial charge is 0.274 e. The van der Waals surface area contributed by atoms with Gasteiger partial charge in [0.05, 0.1) is 11.1 Å². The lowest BCUT2D eigenvalue weighted by Crippen LogP contribution is -2.24. The number of hydrogen-bond acceptors (Lipinski definition) is 3. The van der Waals surface area contributed by atoms with Crippen molar-refractivity contribution in [1.29, 1.82) is 0 Å². The van der Waals surface area contributed by atoms with Crippen molar-refractivity contribution in [3.8, 4) is 11.3 Å². The Hall–Kier alpha value is -1.91. The van der Waals surface area contributed by atoms with Crippen LogP contribution >= 0.6 is 23.2 Å². The molecule has 0 saturated heterocycles. The van der Waals surface area contributed by atoms with Crippen molar-refractivity contribution in [2.45, 2.75) is 13.0 Å². The number of rotatable bonds is 4. The third kappa shape index (κ3) is 2.85. The maximum Gasteiger partial charge on any atom is 0.274 e. The fourth-order valence-electron chi connectivity index (χ4n) is 2.36. The predicted molar refractivity (Wildman–Crippen MR) is 89.6 cm³/mol. The van der Waals surface area contributed by atoms with Crippen LogP contribution in [-0.4, -0.2) is 20.6 Å². The van der Waals surface area contributed by atoms with Gasteiger partial charge < -0.3 is 0 Å². The second-order valence-electron chi connectivity index (χ2n) is 4.83. The average Bonchev–Trinajstić information content (AvgIpc) is 2.54. The zero-order valence-electron chi connectivity index (χ0n) is 11.7. The molecule has 2 aromatic heterocycles. The molecule has 0 amide bonds. The zero-order valence-corrected chi connectivity index (χ0v) is 13.2. The van der Waals surface area contributed by atoms with Gasteiger partial charge in [-0.3, -0.25) is 4.79 Å². The van der Waals surface area contributed by atoms with Gasteiger partial charge in [-0.2, -0.15) is 5.10 Å². The molecule has 4 nitrogen and oxygen atoms in total. The highest BCUT2D eigenvalue weighted by Gasteiger charge is 2.12. The van der Waals surface area contributed by atoms with E-state index in [0.717, 1.165) is 10.9 Å². The van der Waals surface area contributed by atoms with Gasteiger partial charge in [0.1, 0.15) is 5.15 Å². The van der Waals surface area contributed by atoms with E-state index in [9.17, 15) is 4.79 Å². The maximum absolute atomic E-state index is 12.5. The summed E-state index contributed by atoms with van der Waals surface area (Å²) in [7, 11) is 0. The lowest BCUT2D eigenvalue weighted by Gasteiger charge is -2.10. The molecule has 3 rings (SSSR count). The molecule has 22 heavy (non-hydrogen) atoms. The van der Waals surface area contributed by atoms with Gasteiger partial charge >= 0.3 is 0 Å². The average molecular weight is 334 g/mol. The molecule has 0 saturated carbocycles. The molecule has 0 N–H and O–H groups in total. The van der Waals surface area contributed by atoms with Crippen LogP contribution in [0, 0.1) is 0 Å². The van der Waals surface area contributed by atoms with Crippen molar-refractivity contribution in [2.75, 3.05) is 5.88 Å². The van der Waals surface area contributed by atoms with E-state index in [-0.39, 0.29) is 5.56 Å². The topological polar surface area (TPSA) is 47.8 Å². The predicted octanol–water partition coefficient (Wildman–Crippen LogP) is 3.74. The first-order valence-electron chi connectivity index (χ1n) is 6.88. The summed E-state index contributed by atoms with van der Waals surface area (Å²) in [5, 5.41) is 6.34. The normalized spacial score (nSPS) is 11.0. The van der Waals surface area contributed by atoms with Crippen LogP contribution in [0.4, 0.5) is 0 Å². The van der Waals surface area contributed by atoms with E-state index in [1.165, 1.54) is 4.68 Å². The number of nitrogens with zero attached hydrogens (tertiary/aromatic N) is 3. The number of halogens is 2. The Morgan fingerprint density at radius 1 is 1.14 bits per heavy atom. The monoisotopic (exact) mass is 333 g/mol. The third-order valence-corrected chi connectivity index (χ3v) is 3.85. The van der Waals surface area contributed by atoms with Crippen LogP contribution < -0.4 is 5.56 Å². The number of pyridine rings is 1. The van der Waals surface area contributed by atoms with Crippen LogP contribution in [0.5, 0.6) is 0 Å². The SMILES string of the molecule is O=c1c2ccccc2c(-c2ccnc(Cl)c2)nn1CCCCl. The number of benzene rings is 1. The lowest BCUT2D eigenvalue weighted by molar-refractivity contribution is 0.578. The van der Waals surface area contributed by atoms with E-state index >= 15 is 0 Å². The summed E-state index contributed by atoms with van der Waals surface area (Å²) in [5.74, 6) is 0.483. The molecule has 0 aliphatic carbocycles. The Balaban J connectivity index is 2.28. The molecule has 0 aliphatic heterocycles. The Morgan fingerprint density at radius 2 is 1.91 bits per heavy atom. The Labute approximate surface area is 137 Å². The van der Waals surface area contributed by atoms with Crippen LogP contribution in [0.2, 0.25) is 5.15 Å². The van der Waals surface area contributed by atoms with E-state index < -0.39 is 0 Å². The molecule has 0 unspecified atom stereocenters. The summed E-state index contributed by atoms with van der Waals surface area (Å²) < 4.78 is 1.47. The van der Waals surface area contributed by atoms with Crippen LogP contribution in [0.1, 0.15) is 6.42 Å². The van der Waals surface area contributed by atoms with Crippen LogP contribution in [0.25, 0.3) is 22.0 Å². The second-order valence-corrected chi connectivity index (χ2v) is 5.60. The van der Waals surface area contributed by atoms with Gasteiger partial charge in [-0.25, -0.2) is 9.67 Å². The molecule has 0 radical (unpaired) electrons. The number of alkyl halides is 1. The van der Waals surface area contributed by atoms with Crippen molar-refractivity contribution in [2.24, 2.45) is 0 Å². The molecule has 0 aliphatic rings. The van der Waals surface area contributed by atoms with Crippen molar-refractivity contribution < 1.29 is 0 Å². The first-order chi connectivity index (χ1) is 10.7. The minimum Gasteiger partial charge on any atom is -0.267 e. The van der Waals surface area contributed by atoms with Crippen molar-refractivity contribution in [1.82, 2.24) is 14.8 Å². The molecule has 0 fully saturated rings. The van der Waals surface area contributed by atoms with Gasteiger partial charge in [-0.1, -0.05) is 29.8 Å². The molecule has 0 spiro atoms. The molecule has 2 heterocycles. The van der Waals surface area contributed by atoms with Crippen molar-refractivity contribution in [3.63, 3.8) is 0 Å². The standard InChI is InChI=1S/C16H13Cl2N3O/c17-7-3-9-21-16(22)13-5-2-1-4-12(13)15(20-21)11-6-8-19-14(18)10-11/h1-2,4-6,8,10H,3,7,9H2. The minimum atomic E-state index is -0.107. The second kappa shape index (κ2) is 6.46. The van der Waals surface area contributed by atoms with Gasteiger partial charge in [0.25, 0.3) is 5.56 Å². The lowest BCUT2D eigenvalue weighted by atomic mass is 10.1. The fraction of sp³-hybridized carbons (Fsp3) is 0.188. The molecule has 112 valence electrons. The van der Waals surface area contributed by atoms with E-state index in [4.69, 9.17) is 23.2 Å². The van der Waals surface area contributed by atoms with E-state index in [1.807, 2.05) is 30.3 Å². The number of aromatic nitrogens is 3. The quantitative estimate of drug-likeness (QED) is 0.539. The van der Waals surface area contributed by atoms with Gasteiger partial charge in [0, 0.05) is 29.6 Å². The van der Waals surface area contributed by atoms with Crippen LogP contribution in [0.15, 0.2) is 47.4 Å². The Morgan fingerprint density at radius 3 is 2.64 bits per heavy atom. The molecular formula is C16H13Cl2N3O. The summed E-state index contributed by atoms with van der Waals surface area (Å²) >= 11 is 11.7. The summed E-state index contributed by atoms with van der Waals surface area (Å²) in [6.07, 6.45) is 2.31. The number of aryl methyl sites for hydroxylation is 1. The van der Waals surface area contributed by atoms with Gasteiger partial charge in [0.15, 0.2) is 0 Å². The first-order valence-corrected chi connectivity index (χ1v) is 7.79. The molecule has 0 bridgehead atoms. The van der Waals surface area contributed by atoms with E-state index in [2.05, 4.69) is 10.1 Å². The first kappa shape index (κ1) is 15.0. The zero-order chi connectivity index (χ0) is 15.5. The highest BCUT2D eigenvalue weighted by molar-refractivity contribution is 6.29. The van der Waals surface area contributed by atoms with Gasteiger partial charge in [0.2, 0.25) is 0 Å². The van der Waals surface area contributed by atoms with Crippen molar-refractivity contribution >= 4 is 34.0 Å². The van der Waals surface area contributed by atoms with Crippen LogP contribution in [0.3, 0.4) is 0 Å². The Bertz CT molecular complexity index is 877. The molecule has 1 aromatic carbocycles. The molecule has 3 aromatic rings. The van der Waals surface area contributed by atoms with Gasteiger partial charge in [-0.15, -0.1) is 11.6 Å². The van der Waals surface area contributed by atoms with Crippen molar-refractivity contribution in [3.05, 3.63) is 58.1 Å². The summed E-state index contributed by atoms with van der Waals surface area (Å²) in [4.78, 5) is 16.5. The molecule has 0 atom stereocenters. The summed E-state index contributed by atoms with van der Waals surface area (Å²) in [5.41, 5.74) is 1.44.